The minimum atomic E-state index is -3.08. The van der Waals surface area contributed by atoms with Crippen LogP contribution in [0.5, 0.6) is 0 Å². The number of allylic oxidation sites excluding steroid dienone is 3. The Labute approximate surface area is 632 Å². The van der Waals surface area contributed by atoms with E-state index in [1.54, 1.807) is 6.08 Å². The average Bonchev–Trinajstić information content (AvgIpc) is 0.755. The third-order valence-corrected chi connectivity index (χ3v) is 21.4. The largest absolute Gasteiger partial charge is 0.477 e. The van der Waals surface area contributed by atoms with Gasteiger partial charge in [0.2, 0.25) is 11.8 Å². The summed E-state index contributed by atoms with van der Waals surface area (Å²) in [6.45, 7) is 2.20. The fraction of sp³-hybridized carbons (Fsp3) is 0.915. The van der Waals surface area contributed by atoms with Gasteiger partial charge in [-0.15, -0.1) is 0 Å². The van der Waals surface area contributed by atoms with Crippen LogP contribution >= 0.6 is 0 Å². The first kappa shape index (κ1) is 96.4. The average molecular weight is 1500 g/mol. The number of nitrogens with one attached hydrogen (secondary N) is 2. The predicted octanol–water partition coefficient (Wildman–Crippen LogP) is 11.9. The van der Waals surface area contributed by atoms with Gasteiger partial charge >= 0.3 is 5.97 Å². The maximum Gasteiger partial charge on any atom is 0.364 e. The fourth-order valence-electron chi connectivity index (χ4n) is 14.7. The highest BCUT2D eigenvalue weighted by Gasteiger charge is 2.60. The van der Waals surface area contributed by atoms with Gasteiger partial charge < -0.3 is 100 Å². The lowest BCUT2D eigenvalue weighted by atomic mass is 9.88. The monoisotopic (exact) mass is 1500 g/mol. The minimum Gasteiger partial charge on any atom is -0.477 e. The maximum atomic E-state index is 13.6. The summed E-state index contributed by atoms with van der Waals surface area (Å²) >= 11 is 0. The fourth-order valence-corrected chi connectivity index (χ4v) is 14.7. The normalized spacial score (nSPS) is 26.3. The molecule has 3 saturated heterocycles. The van der Waals surface area contributed by atoms with E-state index < -0.39 is 155 Å². The number of carboxylic acid groups (broad SMARTS) is 1. The number of amides is 2. The molecule has 0 aromatic carbocycles. The van der Waals surface area contributed by atoms with Crippen molar-refractivity contribution in [2.24, 2.45) is 0 Å². The molecule has 18 unspecified atom stereocenters. The molecule has 2 amide bonds. The molecule has 0 radical (unpaired) electrons. The zero-order chi connectivity index (χ0) is 76.7. The van der Waals surface area contributed by atoms with E-state index >= 15 is 0 Å². The second-order valence-electron chi connectivity index (χ2n) is 30.7. The zero-order valence-electron chi connectivity index (χ0n) is 65.3. The van der Waals surface area contributed by atoms with Gasteiger partial charge in [0.05, 0.1) is 50.7 Å². The first-order valence-corrected chi connectivity index (χ1v) is 42.2. The zero-order valence-corrected chi connectivity index (χ0v) is 65.3. The summed E-state index contributed by atoms with van der Waals surface area (Å²) in [5.41, 5.74) is 0. The molecule has 0 aromatic heterocycles. The Bertz CT molecular complexity index is 2180. The van der Waals surface area contributed by atoms with Crippen LogP contribution in [0.1, 0.15) is 342 Å². The lowest BCUT2D eigenvalue weighted by molar-refractivity contribution is -0.386. The number of ether oxygens (including phenoxy) is 6. The molecule has 0 aromatic rings. The van der Waals surface area contributed by atoms with Crippen molar-refractivity contribution in [3.8, 4) is 0 Å². The van der Waals surface area contributed by atoms with E-state index in [1.807, 2.05) is 6.08 Å². The Kier molecular flexibility index (Phi) is 55.9. The van der Waals surface area contributed by atoms with Crippen LogP contribution in [-0.4, -0.2) is 215 Å². The first-order chi connectivity index (χ1) is 50.9. The molecule has 23 heteroatoms. The number of hydrogen-bond acceptors (Lipinski definition) is 20. The Balaban J connectivity index is 1.50. The van der Waals surface area contributed by atoms with Crippen LogP contribution in [0, 0.1) is 0 Å². The number of rotatable bonds is 67. The van der Waals surface area contributed by atoms with E-state index in [0.29, 0.717) is 12.8 Å². The molecule has 3 fully saturated rings. The molecule has 3 aliphatic rings. The van der Waals surface area contributed by atoms with Crippen molar-refractivity contribution in [3.63, 3.8) is 0 Å². The number of aliphatic carboxylic acids is 1. The van der Waals surface area contributed by atoms with E-state index in [9.17, 15) is 75.7 Å². The van der Waals surface area contributed by atoms with Crippen molar-refractivity contribution < 1.29 is 104 Å². The molecule has 0 aliphatic carbocycles. The maximum absolute atomic E-state index is 13.6. The molecular formula is C82H152N2O21. The number of carboxylic acids is 1. The molecule has 23 nitrogen and oxygen atoms in total. The van der Waals surface area contributed by atoms with Crippen molar-refractivity contribution in [1.29, 1.82) is 0 Å². The number of aliphatic hydroxyl groups is 11. The van der Waals surface area contributed by atoms with Crippen LogP contribution < -0.4 is 10.6 Å². The molecule has 18 atom stereocenters. The summed E-state index contributed by atoms with van der Waals surface area (Å²) < 4.78 is 34.9. The second kappa shape index (κ2) is 60.9. The van der Waals surface area contributed by atoms with Crippen LogP contribution in [0.4, 0.5) is 0 Å². The van der Waals surface area contributed by atoms with Gasteiger partial charge in [-0.25, -0.2) is 4.79 Å². The second-order valence-corrected chi connectivity index (χ2v) is 30.7. The number of carbonyl (C=O) groups is 3. The molecule has 0 spiro atoms. The van der Waals surface area contributed by atoms with Crippen molar-refractivity contribution in [2.75, 3.05) is 26.4 Å². The topological polar surface area (TPSA) is 373 Å². The predicted molar refractivity (Wildman–Crippen MR) is 408 cm³/mol. The highest BCUT2D eigenvalue weighted by molar-refractivity contribution is 5.77. The Hall–Kier alpha value is -2.79. The highest BCUT2D eigenvalue weighted by atomic mass is 16.8. The molecule has 3 rings (SSSR count). The van der Waals surface area contributed by atoms with Crippen molar-refractivity contribution in [2.45, 2.75) is 452 Å². The van der Waals surface area contributed by atoms with E-state index in [-0.39, 0.29) is 12.3 Å². The van der Waals surface area contributed by atoms with Crippen molar-refractivity contribution in [3.05, 3.63) is 24.3 Å². The van der Waals surface area contributed by atoms with Gasteiger partial charge in [0.1, 0.15) is 67.1 Å². The highest BCUT2D eigenvalue weighted by Crippen LogP contribution is 2.39. The van der Waals surface area contributed by atoms with Gasteiger partial charge in [-0.3, -0.25) is 9.59 Å². The molecule has 0 saturated carbocycles. The van der Waals surface area contributed by atoms with Crippen molar-refractivity contribution in [1.82, 2.24) is 10.6 Å². The SMILES string of the molecule is CCCCCCCCCCCCCC/C=C\CCCCCCCCCCCCCC(=O)NC(COC1OC(CO)C(OC2OC(CO)C(O)C(OC3(C(=O)O)CC(O)C(NC(C)=O)C(C(O)C(O)CO)O3)C2O)C(O)C1O)C(O)/C=C/CCCCCCCCCCCCCCCCCCCCCCCC. The lowest BCUT2D eigenvalue weighted by Gasteiger charge is -2.50. The molecule has 3 aliphatic heterocycles. The Morgan fingerprint density at radius 3 is 1.30 bits per heavy atom. The summed E-state index contributed by atoms with van der Waals surface area (Å²) in [4.78, 5) is 38.7. The van der Waals surface area contributed by atoms with Crippen LogP contribution in [0.25, 0.3) is 0 Å². The summed E-state index contributed by atoms with van der Waals surface area (Å²) in [5, 5.41) is 137. The van der Waals surface area contributed by atoms with Gasteiger partial charge in [-0.05, 0) is 44.9 Å². The third-order valence-electron chi connectivity index (χ3n) is 21.4. The Morgan fingerprint density at radius 1 is 0.495 bits per heavy atom. The molecule has 105 heavy (non-hydrogen) atoms. The molecule has 616 valence electrons. The summed E-state index contributed by atoms with van der Waals surface area (Å²) in [6.07, 6.45) is 39.3. The van der Waals surface area contributed by atoms with Gasteiger partial charge in [-0.1, -0.05) is 301 Å². The van der Waals surface area contributed by atoms with E-state index in [4.69, 9.17) is 28.4 Å². The first-order valence-electron chi connectivity index (χ1n) is 42.2. The summed E-state index contributed by atoms with van der Waals surface area (Å²) in [5.74, 6) is -6.14. The minimum absolute atomic E-state index is 0.201. The molecular weight excluding hydrogens is 1350 g/mol. The Morgan fingerprint density at radius 2 is 0.895 bits per heavy atom. The quantitative estimate of drug-likeness (QED) is 0.0199. The standard InChI is InChI=1S/C82H152N2O21/c1-4-6-8-10-12-14-16-18-20-22-24-26-28-30-31-32-34-36-38-40-42-44-46-48-50-52-54-56-69(92)84-63(64(89)55-53-51-49-47-45-43-41-39-37-35-33-29-27-25-23-21-19-17-15-13-11-9-7-5-2)61-100-79-74(96)73(95)76(68(60-87)102-79)103-80-75(97)78(72(94)67(59-86)101-80)105-82(81(98)99)57-65(90)70(83-62(3)88)77(104-82)71(93)66(91)58-85/h30-31,53,55,63-68,70-80,85-87,89-91,93-97H,4-29,32-52,54,56-61H2,1-3H3,(H,83,88)(H,84,92)(H,98,99)/b31-30-,55-53+. The van der Waals surface area contributed by atoms with E-state index in [2.05, 4.69) is 36.6 Å². The van der Waals surface area contributed by atoms with Crippen LogP contribution in [-0.2, 0) is 42.8 Å². The smallest absolute Gasteiger partial charge is 0.364 e. The molecule has 0 bridgehead atoms. The van der Waals surface area contributed by atoms with Crippen LogP contribution in [0.15, 0.2) is 24.3 Å². The third kappa shape index (κ3) is 40.8. The lowest BCUT2D eigenvalue weighted by Crippen LogP contribution is -2.70. The number of aliphatic hydroxyl groups excluding tert-OH is 11. The van der Waals surface area contributed by atoms with E-state index in [0.717, 1.165) is 51.9 Å². The molecule has 14 N–H and O–H groups in total. The summed E-state index contributed by atoms with van der Waals surface area (Å²) in [7, 11) is 0. The van der Waals surface area contributed by atoms with Gasteiger partial charge in [0, 0.05) is 19.8 Å². The van der Waals surface area contributed by atoms with Crippen molar-refractivity contribution >= 4 is 17.8 Å². The van der Waals surface area contributed by atoms with Gasteiger partial charge in [0.25, 0.3) is 5.79 Å². The number of carbonyl (C=O) groups excluding carboxylic acids is 2. The van der Waals surface area contributed by atoms with Crippen LogP contribution in [0.2, 0.25) is 0 Å². The van der Waals surface area contributed by atoms with E-state index in [1.165, 1.54) is 250 Å². The van der Waals surface area contributed by atoms with Gasteiger partial charge in [-0.2, -0.15) is 0 Å². The summed E-state index contributed by atoms with van der Waals surface area (Å²) in [6, 6.07) is -2.62. The number of hydrogen-bond donors (Lipinski definition) is 14. The molecule has 3 heterocycles. The van der Waals surface area contributed by atoms with Crippen LogP contribution in [0.3, 0.4) is 0 Å². The number of unbranched alkanes of at least 4 members (excludes halogenated alkanes) is 45. The van der Waals surface area contributed by atoms with Gasteiger partial charge in [0.15, 0.2) is 12.6 Å².